The van der Waals surface area contributed by atoms with E-state index in [0.717, 1.165) is 22.9 Å². The molecule has 1 aliphatic heterocycles. The van der Waals surface area contributed by atoms with E-state index >= 15 is 0 Å². The number of benzene rings is 1. The van der Waals surface area contributed by atoms with Gasteiger partial charge in [-0.2, -0.15) is 0 Å². The van der Waals surface area contributed by atoms with Crippen LogP contribution >= 0.6 is 0 Å². The van der Waals surface area contributed by atoms with Gasteiger partial charge in [0, 0.05) is 24.0 Å². The third-order valence-electron chi connectivity index (χ3n) is 4.29. The lowest BCUT2D eigenvalue weighted by atomic mass is 10.1. The van der Waals surface area contributed by atoms with Crippen molar-refractivity contribution < 1.29 is 19.0 Å². The van der Waals surface area contributed by atoms with Gasteiger partial charge < -0.3 is 19.1 Å². The molecule has 1 aliphatic rings. The number of methoxy groups -OCH3 is 1. The minimum absolute atomic E-state index is 0.0684. The zero-order valence-electron chi connectivity index (χ0n) is 14.5. The summed E-state index contributed by atoms with van der Waals surface area (Å²) in [5.74, 6) is 1.28. The summed E-state index contributed by atoms with van der Waals surface area (Å²) < 4.78 is 16.5. The number of hydrogen-bond donors (Lipinski definition) is 0. The molecule has 0 radical (unpaired) electrons. The second-order valence-electron chi connectivity index (χ2n) is 6.05. The molecule has 132 valence electrons. The molecule has 1 saturated heterocycles. The Kier molecular flexibility index (Phi) is 5.07. The monoisotopic (exact) mass is 342 g/mol. The van der Waals surface area contributed by atoms with Crippen LogP contribution in [0.2, 0.25) is 0 Å². The number of aromatic nitrogens is 1. The molecule has 0 unspecified atom stereocenters. The van der Waals surface area contributed by atoms with E-state index in [9.17, 15) is 4.79 Å². The molecule has 0 bridgehead atoms. The van der Waals surface area contributed by atoms with Crippen molar-refractivity contribution in [1.29, 1.82) is 0 Å². The maximum absolute atomic E-state index is 11.8. The molecular formula is C19H22N2O4. The Labute approximate surface area is 147 Å². The lowest BCUT2D eigenvalue weighted by Crippen LogP contribution is -2.34. The van der Waals surface area contributed by atoms with Gasteiger partial charge in [-0.05, 0) is 30.5 Å². The van der Waals surface area contributed by atoms with Gasteiger partial charge in [-0.1, -0.05) is 18.7 Å². The summed E-state index contributed by atoms with van der Waals surface area (Å²) in [6, 6.07) is 7.79. The summed E-state index contributed by atoms with van der Waals surface area (Å²) in [5, 5.41) is 1.90. The first-order valence-electron chi connectivity index (χ1n) is 8.26. The van der Waals surface area contributed by atoms with E-state index in [-0.39, 0.29) is 18.2 Å². The van der Waals surface area contributed by atoms with Crippen molar-refractivity contribution in [3.05, 3.63) is 43.1 Å². The van der Waals surface area contributed by atoms with E-state index in [1.165, 1.54) is 7.11 Å². The number of fused-ring (bicyclic) bond motifs is 1. The van der Waals surface area contributed by atoms with Crippen LogP contribution in [0.15, 0.2) is 43.1 Å². The molecule has 1 aromatic carbocycles. The number of pyridine rings is 1. The van der Waals surface area contributed by atoms with E-state index in [1.807, 2.05) is 31.2 Å². The van der Waals surface area contributed by atoms with Crippen LogP contribution in [0.4, 0.5) is 4.79 Å². The molecule has 1 fully saturated rings. The molecular weight excluding hydrogens is 320 g/mol. The average Bonchev–Trinajstić information content (AvgIpc) is 3.00. The van der Waals surface area contributed by atoms with Crippen molar-refractivity contribution in [2.24, 2.45) is 0 Å². The van der Waals surface area contributed by atoms with Gasteiger partial charge in [-0.3, -0.25) is 0 Å². The Morgan fingerprint density at radius 2 is 2.28 bits per heavy atom. The van der Waals surface area contributed by atoms with E-state index in [1.54, 1.807) is 17.2 Å². The molecule has 0 spiro atoms. The average molecular weight is 342 g/mol. The molecule has 2 heterocycles. The van der Waals surface area contributed by atoms with Crippen LogP contribution in [0, 0.1) is 0 Å². The Morgan fingerprint density at radius 3 is 3.04 bits per heavy atom. The van der Waals surface area contributed by atoms with Gasteiger partial charge in [0.25, 0.3) is 0 Å². The van der Waals surface area contributed by atoms with Crippen LogP contribution in [-0.2, 0) is 4.74 Å². The van der Waals surface area contributed by atoms with Crippen molar-refractivity contribution >= 4 is 16.9 Å². The second-order valence-corrected chi connectivity index (χ2v) is 6.05. The molecule has 0 N–H and O–H groups in total. The second kappa shape index (κ2) is 7.42. The highest BCUT2D eigenvalue weighted by Gasteiger charge is 2.34. The first kappa shape index (κ1) is 17.1. The molecule has 25 heavy (non-hydrogen) atoms. The van der Waals surface area contributed by atoms with Crippen molar-refractivity contribution in [3.63, 3.8) is 0 Å². The van der Waals surface area contributed by atoms with Crippen molar-refractivity contribution in [2.45, 2.75) is 25.5 Å². The number of amides is 1. The standard InChI is InChI=1S/C19H22N2O4/c1-4-9-24-15-6-5-14-7-8-20-18(17(14)11-15)25-16-10-13(2)21(12-16)19(22)23-3/h4-8,11,13,16H,1,9-10,12H2,2-3H3/t13-,16-/m1/s1. The van der Waals surface area contributed by atoms with Crippen molar-refractivity contribution in [2.75, 3.05) is 20.3 Å². The zero-order valence-corrected chi connectivity index (χ0v) is 14.5. The molecule has 1 amide bonds. The summed E-state index contributed by atoms with van der Waals surface area (Å²) in [5.41, 5.74) is 0. The summed E-state index contributed by atoms with van der Waals surface area (Å²) in [6.07, 6.45) is 3.71. The van der Waals surface area contributed by atoms with Crippen LogP contribution in [0.1, 0.15) is 13.3 Å². The molecule has 2 aromatic rings. The van der Waals surface area contributed by atoms with Gasteiger partial charge in [0.2, 0.25) is 5.88 Å². The topological polar surface area (TPSA) is 60.9 Å². The number of likely N-dealkylation sites (tertiary alicyclic amines) is 1. The predicted molar refractivity (Wildman–Crippen MR) is 95.0 cm³/mol. The van der Waals surface area contributed by atoms with Crippen LogP contribution in [0.25, 0.3) is 10.8 Å². The maximum atomic E-state index is 11.8. The highest BCUT2D eigenvalue weighted by Crippen LogP contribution is 2.30. The van der Waals surface area contributed by atoms with E-state index < -0.39 is 0 Å². The smallest absolute Gasteiger partial charge is 0.409 e. The lowest BCUT2D eigenvalue weighted by molar-refractivity contribution is 0.116. The lowest BCUT2D eigenvalue weighted by Gasteiger charge is -2.19. The molecule has 6 nitrogen and oxygen atoms in total. The van der Waals surface area contributed by atoms with Crippen molar-refractivity contribution in [1.82, 2.24) is 9.88 Å². The zero-order chi connectivity index (χ0) is 17.8. The fraction of sp³-hybridized carbons (Fsp3) is 0.368. The SMILES string of the molecule is C=CCOc1ccc2ccnc(O[C@@H]3C[C@@H](C)N(C(=O)OC)C3)c2c1. The van der Waals surface area contributed by atoms with E-state index in [4.69, 9.17) is 14.2 Å². The maximum Gasteiger partial charge on any atom is 0.409 e. The highest BCUT2D eigenvalue weighted by molar-refractivity contribution is 5.88. The van der Waals surface area contributed by atoms with Gasteiger partial charge in [-0.15, -0.1) is 0 Å². The number of nitrogens with zero attached hydrogens (tertiary/aromatic N) is 2. The molecule has 0 saturated carbocycles. The normalized spacial score (nSPS) is 19.7. The minimum atomic E-state index is -0.329. The Hall–Kier alpha value is -2.76. The number of hydrogen-bond acceptors (Lipinski definition) is 5. The number of rotatable bonds is 5. The molecule has 0 aliphatic carbocycles. The first-order valence-corrected chi connectivity index (χ1v) is 8.26. The molecule has 2 atom stereocenters. The molecule has 3 rings (SSSR count). The molecule has 1 aromatic heterocycles. The van der Waals surface area contributed by atoms with Gasteiger partial charge in [0.05, 0.1) is 13.7 Å². The summed E-state index contributed by atoms with van der Waals surface area (Å²) >= 11 is 0. The Morgan fingerprint density at radius 1 is 1.44 bits per heavy atom. The summed E-state index contributed by atoms with van der Waals surface area (Å²) in [7, 11) is 1.39. The van der Waals surface area contributed by atoms with Crippen LogP contribution < -0.4 is 9.47 Å². The van der Waals surface area contributed by atoms with Gasteiger partial charge in [0.15, 0.2) is 0 Å². The highest BCUT2D eigenvalue weighted by atomic mass is 16.5. The quantitative estimate of drug-likeness (QED) is 0.779. The first-order chi connectivity index (χ1) is 12.1. The van der Waals surface area contributed by atoms with Crippen LogP contribution in [0.3, 0.4) is 0 Å². The van der Waals surface area contributed by atoms with Crippen LogP contribution in [-0.4, -0.2) is 48.4 Å². The van der Waals surface area contributed by atoms with Gasteiger partial charge in [0.1, 0.15) is 18.5 Å². The predicted octanol–water partition coefficient (Wildman–Crippen LogP) is 3.41. The van der Waals surface area contributed by atoms with E-state index in [0.29, 0.717) is 19.0 Å². The van der Waals surface area contributed by atoms with Crippen molar-refractivity contribution in [3.8, 4) is 11.6 Å². The molecule has 6 heteroatoms. The fourth-order valence-electron chi connectivity index (χ4n) is 3.06. The number of carbonyl (C=O) groups is 1. The fourth-order valence-corrected chi connectivity index (χ4v) is 3.06. The third kappa shape index (κ3) is 3.68. The van der Waals surface area contributed by atoms with Crippen LogP contribution in [0.5, 0.6) is 11.6 Å². The Balaban J connectivity index is 1.81. The number of carbonyl (C=O) groups excluding carboxylic acids is 1. The summed E-state index contributed by atoms with van der Waals surface area (Å²) in [4.78, 5) is 17.8. The third-order valence-corrected chi connectivity index (χ3v) is 4.29. The van der Waals surface area contributed by atoms with E-state index in [2.05, 4.69) is 11.6 Å². The minimum Gasteiger partial charge on any atom is -0.490 e. The number of ether oxygens (including phenoxy) is 3. The Bertz CT molecular complexity index is 777. The van der Waals surface area contributed by atoms with Gasteiger partial charge in [-0.25, -0.2) is 9.78 Å². The van der Waals surface area contributed by atoms with Gasteiger partial charge >= 0.3 is 6.09 Å². The summed E-state index contributed by atoms with van der Waals surface area (Å²) in [6.45, 7) is 6.56. The largest absolute Gasteiger partial charge is 0.490 e.